The molecule has 0 saturated heterocycles. The minimum Gasteiger partial charge on any atom is -0.485 e. The average molecular weight is 325 g/mol. The molecule has 2 rings (SSSR count). The van der Waals surface area contributed by atoms with E-state index in [0.717, 1.165) is 15.1 Å². The first kappa shape index (κ1) is 13.3. The van der Waals surface area contributed by atoms with Gasteiger partial charge in [0.05, 0.1) is 8.66 Å². The van der Waals surface area contributed by atoms with Gasteiger partial charge in [-0.1, -0.05) is 12.1 Å². The lowest BCUT2D eigenvalue weighted by molar-refractivity contribution is 0.0925. The molecule has 4 heteroatoms. The molecule has 0 unspecified atom stereocenters. The van der Waals surface area contributed by atoms with Gasteiger partial charge in [0, 0.05) is 0 Å². The van der Waals surface area contributed by atoms with Crippen LogP contribution in [0.3, 0.4) is 0 Å². The number of ketones is 1. The molecule has 0 N–H and O–H groups in total. The fraction of sp³-hybridized carbons (Fsp3) is 0.214. The molecule has 1 aromatic heterocycles. The number of hydrogen-bond acceptors (Lipinski definition) is 3. The lowest BCUT2D eigenvalue weighted by atomic mass is 10.1. The van der Waals surface area contributed by atoms with E-state index in [-0.39, 0.29) is 12.4 Å². The van der Waals surface area contributed by atoms with E-state index in [9.17, 15) is 4.79 Å². The van der Waals surface area contributed by atoms with Gasteiger partial charge in [-0.05, 0) is 59.1 Å². The van der Waals surface area contributed by atoms with Crippen molar-refractivity contribution in [1.29, 1.82) is 0 Å². The molecule has 1 heterocycles. The number of rotatable bonds is 4. The summed E-state index contributed by atoms with van der Waals surface area (Å²) in [5.41, 5.74) is 2.25. The lowest BCUT2D eigenvalue weighted by Crippen LogP contribution is -2.10. The van der Waals surface area contributed by atoms with Crippen molar-refractivity contribution in [2.24, 2.45) is 0 Å². The van der Waals surface area contributed by atoms with E-state index < -0.39 is 0 Å². The quantitative estimate of drug-likeness (QED) is 0.780. The maximum Gasteiger partial charge on any atom is 0.210 e. The molecule has 0 atom stereocenters. The summed E-state index contributed by atoms with van der Waals surface area (Å²) in [5, 5.41) is 0. The summed E-state index contributed by atoms with van der Waals surface area (Å²) < 4.78 is 6.54. The Morgan fingerprint density at radius 2 is 2.06 bits per heavy atom. The second-order valence-electron chi connectivity index (χ2n) is 4.01. The van der Waals surface area contributed by atoms with E-state index in [0.29, 0.717) is 4.88 Å². The minimum absolute atomic E-state index is 0.00612. The predicted octanol–water partition coefficient (Wildman–Crippen LogP) is 4.39. The van der Waals surface area contributed by atoms with Gasteiger partial charge in [0.25, 0.3) is 0 Å². The van der Waals surface area contributed by atoms with Crippen molar-refractivity contribution in [3.63, 3.8) is 0 Å². The molecule has 0 aliphatic rings. The van der Waals surface area contributed by atoms with Gasteiger partial charge in [-0.2, -0.15) is 0 Å². The molecule has 0 aliphatic heterocycles. The molecule has 0 radical (unpaired) electrons. The Balaban J connectivity index is 2.04. The van der Waals surface area contributed by atoms with Crippen molar-refractivity contribution in [2.75, 3.05) is 6.61 Å². The summed E-state index contributed by atoms with van der Waals surface area (Å²) >= 11 is 4.77. The summed E-state index contributed by atoms with van der Waals surface area (Å²) in [7, 11) is 0. The number of carbonyl (C=O) groups is 1. The molecule has 94 valence electrons. The maximum absolute atomic E-state index is 11.9. The van der Waals surface area contributed by atoms with Crippen LogP contribution in [0.5, 0.6) is 5.75 Å². The van der Waals surface area contributed by atoms with Crippen LogP contribution in [0.2, 0.25) is 0 Å². The van der Waals surface area contributed by atoms with Crippen molar-refractivity contribution in [1.82, 2.24) is 0 Å². The number of hydrogen-bond donors (Lipinski definition) is 0. The Morgan fingerprint density at radius 1 is 1.28 bits per heavy atom. The first-order chi connectivity index (χ1) is 8.58. The summed E-state index contributed by atoms with van der Waals surface area (Å²) in [6.45, 7) is 4.11. The highest BCUT2D eigenvalue weighted by molar-refractivity contribution is 9.11. The van der Waals surface area contributed by atoms with Crippen molar-refractivity contribution < 1.29 is 9.53 Å². The molecule has 0 amide bonds. The number of ether oxygens (including phenoxy) is 1. The summed E-state index contributed by atoms with van der Waals surface area (Å²) in [5.74, 6) is 0.783. The Kier molecular flexibility index (Phi) is 4.19. The molecule has 18 heavy (non-hydrogen) atoms. The number of halogens is 1. The highest BCUT2D eigenvalue weighted by Crippen LogP contribution is 2.24. The Bertz CT molecular complexity index is 575. The molecule has 0 spiro atoms. The van der Waals surface area contributed by atoms with Crippen LogP contribution in [0.25, 0.3) is 0 Å². The topological polar surface area (TPSA) is 26.3 Å². The third-order valence-electron chi connectivity index (χ3n) is 2.76. The largest absolute Gasteiger partial charge is 0.485 e. The molecule has 0 bridgehead atoms. The van der Waals surface area contributed by atoms with Crippen LogP contribution in [0, 0.1) is 13.8 Å². The van der Waals surface area contributed by atoms with Gasteiger partial charge in [-0.3, -0.25) is 4.79 Å². The summed E-state index contributed by atoms with van der Waals surface area (Å²) in [6.07, 6.45) is 0. The van der Waals surface area contributed by atoms with Crippen LogP contribution in [0.15, 0.2) is 34.1 Å². The molecular weight excluding hydrogens is 312 g/mol. The zero-order chi connectivity index (χ0) is 13.1. The van der Waals surface area contributed by atoms with Gasteiger partial charge in [0.15, 0.2) is 6.61 Å². The number of benzene rings is 1. The van der Waals surface area contributed by atoms with Crippen LogP contribution in [0.4, 0.5) is 0 Å². The SMILES string of the molecule is Cc1cccc(OCC(=O)c2ccc(Br)s2)c1C. The average Bonchev–Trinajstić information content (AvgIpc) is 2.77. The van der Waals surface area contributed by atoms with Crippen LogP contribution in [-0.2, 0) is 0 Å². The molecule has 0 aliphatic carbocycles. The van der Waals surface area contributed by atoms with Crippen LogP contribution in [0.1, 0.15) is 20.8 Å². The van der Waals surface area contributed by atoms with Gasteiger partial charge < -0.3 is 4.74 Å². The van der Waals surface area contributed by atoms with E-state index in [1.54, 1.807) is 0 Å². The lowest BCUT2D eigenvalue weighted by Gasteiger charge is -2.09. The molecule has 0 saturated carbocycles. The number of aryl methyl sites for hydroxylation is 1. The fourth-order valence-electron chi connectivity index (χ4n) is 1.56. The first-order valence-corrected chi connectivity index (χ1v) is 7.16. The standard InChI is InChI=1S/C14H13BrO2S/c1-9-4-3-5-12(10(9)2)17-8-11(16)13-6-7-14(15)18-13/h3-7H,8H2,1-2H3. The normalized spacial score (nSPS) is 10.4. The van der Waals surface area contributed by atoms with Gasteiger partial charge in [-0.15, -0.1) is 11.3 Å². The molecular formula is C14H13BrO2S. The first-order valence-electron chi connectivity index (χ1n) is 5.55. The van der Waals surface area contributed by atoms with Crippen molar-refractivity contribution in [3.8, 4) is 5.75 Å². The monoisotopic (exact) mass is 324 g/mol. The second-order valence-corrected chi connectivity index (χ2v) is 6.48. The van der Waals surface area contributed by atoms with Crippen LogP contribution < -0.4 is 4.74 Å². The zero-order valence-electron chi connectivity index (χ0n) is 10.2. The Hall–Kier alpha value is -1.13. The summed E-state index contributed by atoms with van der Waals surface area (Å²) in [4.78, 5) is 12.6. The van der Waals surface area contributed by atoms with Crippen LogP contribution >= 0.6 is 27.3 Å². The van der Waals surface area contributed by atoms with E-state index in [1.807, 2.05) is 44.2 Å². The van der Waals surface area contributed by atoms with E-state index in [1.165, 1.54) is 16.9 Å². The number of carbonyl (C=O) groups excluding carboxylic acids is 1. The number of Topliss-reactive ketones (excluding diaryl/α,β-unsaturated/α-hetero) is 1. The van der Waals surface area contributed by atoms with E-state index >= 15 is 0 Å². The van der Waals surface area contributed by atoms with Gasteiger partial charge >= 0.3 is 0 Å². The molecule has 1 aromatic carbocycles. The third-order valence-corrected chi connectivity index (χ3v) is 4.43. The predicted molar refractivity (Wildman–Crippen MR) is 77.8 cm³/mol. The van der Waals surface area contributed by atoms with Crippen molar-refractivity contribution in [3.05, 3.63) is 50.1 Å². The third kappa shape index (κ3) is 3.00. The van der Waals surface area contributed by atoms with Gasteiger partial charge in [-0.25, -0.2) is 0 Å². The van der Waals surface area contributed by atoms with Crippen molar-refractivity contribution >= 4 is 33.0 Å². The highest BCUT2D eigenvalue weighted by Gasteiger charge is 2.10. The van der Waals surface area contributed by atoms with E-state index in [4.69, 9.17) is 4.74 Å². The van der Waals surface area contributed by atoms with Gasteiger partial charge in [0.1, 0.15) is 5.75 Å². The van der Waals surface area contributed by atoms with Crippen LogP contribution in [-0.4, -0.2) is 12.4 Å². The summed E-state index contributed by atoms with van der Waals surface area (Å²) in [6, 6.07) is 9.53. The van der Waals surface area contributed by atoms with Crippen molar-refractivity contribution in [2.45, 2.75) is 13.8 Å². The number of thiophene rings is 1. The maximum atomic E-state index is 11.9. The Morgan fingerprint density at radius 3 is 2.72 bits per heavy atom. The highest BCUT2D eigenvalue weighted by atomic mass is 79.9. The molecule has 2 aromatic rings. The van der Waals surface area contributed by atoms with Gasteiger partial charge in [0.2, 0.25) is 5.78 Å². The molecule has 0 fully saturated rings. The fourth-order valence-corrected chi connectivity index (χ4v) is 2.87. The van der Waals surface area contributed by atoms with E-state index in [2.05, 4.69) is 15.9 Å². The zero-order valence-corrected chi connectivity index (χ0v) is 12.6. The smallest absolute Gasteiger partial charge is 0.210 e. The molecule has 2 nitrogen and oxygen atoms in total. The minimum atomic E-state index is 0.00612. The Labute approximate surface area is 119 Å². The second kappa shape index (κ2) is 5.67.